The summed E-state index contributed by atoms with van der Waals surface area (Å²) in [6.07, 6.45) is 1.82. The van der Waals surface area contributed by atoms with Crippen LogP contribution in [0, 0.1) is 0 Å². The molecule has 0 aromatic heterocycles. The SMILES string of the molecule is NCCCCNC(=O)NCCOCCOCCN. The van der Waals surface area contributed by atoms with Gasteiger partial charge in [-0.2, -0.15) is 0 Å². The van der Waals surface area contributed by atoms with E-state index >= 15 is 0 Å². The van der Waals surface area contributed by atoms with Gasteiger partial charge in [-0.25, -0.2) is 4.79 Å². The van der Waals surface area contributed by atoms with Crippen LogP contribution in [0.15, 0.2) is 0 Å². The molecule has 7 nitrogen and oxygen atoms in total. The van der Waals surface area contributed by atoms with Crippen molar-refractivity contribution in [3.8, 4) is 0 Å². The summed E-state index contributed by atoms with van der Waals surface area (Å²) in [5, 5.41) is 5.43. The summed E-state index contributed by atoms with van der Waals surface area (Å²) in [6, 6.07) is -0.171. The number of amides is 2. The highest BCUT2D eigenvalue weighted by Gasteiger charge is 1.97. The third-order valence-electron chi connectivity index (χ3n) is 2.08. The first kappa shape index (κ1) is 17.1. The molecule has 0 fully saturated rings. The molecule has 2 amide bonds. The molecule has 0 bridgehead atoms. The summed E-state index contributed by atoms with van der Waals surface area (Å²) in [5.74, 6) is 0. The van der Waals surface area contributed by atoms with Crippen molar-refractivity contribution in [2.75, 3.05) is 52.6 Å². The van der Waals surface area contributed by atoms with Crippen LogP contribution >= 0.6 is 0 Å². The zero-order chi connectivity index (χ0) is 13.5. The zero-order valence-electron chi connectivity index (χ0n) is 11.0. The van der Waals surface area contributed by atoms with Crippen molar-refractivity contribution in [1.82, 2.24) is 10.6 Å². The fourth-order valence-corrected chi connectivity index (χ4v) is 1.18. The Bertz CT molecular complexity index is 193. The van der Waals surface area contributed by atoms with Gasteiger partial charge in [-0.15, -0.1) is 0 Å². The summed E-state index contributed by atoms with van der Waals surface area (Å²) in [4.78, 5) is 11.2. The predicted octanol–water partition coefficient (Wildman–Crippen LogP) is -0.984. The zero-order valence-corrected chi connectivity index (χ0v) is 11.0. The molecule has 7 heteroatoms. The number of ether oxygens (including phenoxy) is 2. The van der Waals surface area contributed by atoms with Gasteiger partial charge < -0.3 is 31.6 Å². The van der Waals surface area contributed by atoms with Gasteiger partial charge in [0.2, 0.25) is 0 Å². The molecule has 0 aromatic carbocycles. The van der Waals surface area contributed by atoms with E-state index < -0.39 is 0 Å². The van der Waals surface area contributed by atoms with Crippen molar-refractivity contribution < 1.29 is 14.3 Å². The number of carbonyl (C=O) groups excluding carboxylic acids is 1. The van der Waals surface area contributed by atoms with Crippen LogP contribution < -0.4 is 22.1 Å². The summed E-state index contributed by atoms with van der Waals surface area (Å²) in [6.45, 7) is 4.38. The minimum absolute atomic E-state index is 0.171. The van der Waals surface area contributed by atoms with Gasteiger partial charge in [0.1, 0.15) is 0 Å². The lowest BCUT2D eigenvalue weighted by atomic mass is 10.3. The van der Waals surface area contributed by atoms with E-state index in [1.54, 1.807) is 0 Å². The van der Waals surface area contributed by atoms with Gasteiger partial charge in [0.15, 0.2) is 0 Å². The van der Waals surface area contributed by atoms with Gasteiger partial charge in [0.25, 0.3) is 0 Å². The van der Waals surface area contributed by atoms with Crippen LogP contribution in [-0.2, 0) is 9.47 Å². The van der Waals surface area contributed by atoms with Crippen molar-refractivity contribution in [2.45, 2.75) is 12.8 Å². The molecule has 0 rings (SSSR count). The second-order valence-corrected chi connectivity index (χ2v) is 3.69. The third-order valence-corrected chi connectivity index (χ3v) is 2.08. The second-order valence-electron chi connectivity index (χ2n) is 3.69. The lowest BCUT2D eigenvalue weighted by molar-refractivity contribution is 0.0524. The van der Waals surface area contributed by atoms with Crippen molar-refractivity contribution in [3.05, 3.63) is 0 Å². The molecule has 0 aliphatic heterocycles. The Morgan fingerprint density at radius 2 is 1.50 bits per heavy atom. The molecular weight excluding hydrogens is 236 g/mol. The monoisotopic (exact) mass is 262 g/mol. The Kier molecular flexibility index (Phi) is 13.5. The summed E-state index contributed by atoms with van der Waals surface area (Å²) in [7, 11) is 0. The van der Waals surface area contributed by atoms with Crippen LogP contribution in [0.5, 0.6) is 0 Å². The summed E-state index contributed by atoms with van der Waals surface area (Å²) >= 11 is 0. The van der Waals surface area contributed by atoms with Gasteiger partial charge in [-0.05, 0) is 19.4 Å². The number of unbranched alkanes of at least 4 members (excludes halogenated alkanes) is 1. The average Bonchev–Trinajstić information content (AvgIpc) is 2.38. The van der Waals surface area contributed by atoms with Gasteiger partial charge in [-0.1, -0.05) is 0 Å². The van der Waals surface area contributed by atoms with Crippen molar-refractivity contribution >= 4 is 6.03 Å². The molecule has 0 aliphatic rings. The standard InChI is InChI=1S/C11H26N4O3/c12-3-1-2-5-14-11(16)15-6-8-18-10-9-17-7-4-13/h1-10,12-13H2,(H2,14,15,16). The molecule has 18 heavy (non-hydrogen) atoms. The molecule has 0 radical (unpaired) electrons. The summed E-state index contributed by atoms with van der Waals surface area (Å²) in [5.41, 5.74) is 10.6. The predicted molar refractivity (Wildman–Crippen MR) is 70.4 cm³/mol. The highest BCUT2D eigenvalue weighted by molar-refractivity contribution is 5.73. The van der Waals surface area contributed by atoms with Crippen molar-refractivity contribution in [2.24, 2.45) is 11.5 Å². The number of nitrogens with two attached hydrogens (primary N) is 2. The first-order chi connectivity index (χ1) is 8.81. The molecule has 0 spiro atoms. The maximum atomic E-state index is 11.2. The van der Waals surface area contributed by atoms with Crippen LogP contribution in [0.1, 0.15) is 12.8 Å². The largest absolute Gasteiger partial charge is 0.378 e. The maximum Gasteiger partial charge on any atom is 0.314 e. The Morgan fingerprint density at radius 3 is 2.17 bits per heavy atom. The molecule has 0 aliphatic carbocycles. The highest BCUT2D eigenvalue weighted by atomic mass is 16.5. The Labute approximate surface area is 109 Å². The van der Waals surface area contributed by atoms with Gasteiger partial charge >= 0.3 is 6.03 Å². The number of hydrogen-bond acceptors (Lipinski definition) is 5. The molecule has 0 saturated heterocycles. The van der Waals surface area contributed by atoms with Crippen LogP contribution in [0.25, 0.3) is 0 Å². The number of hydrogen-bond donors (Lipinski definition) is 4. The third kappa shape index (κ3) is 13.2. The number of rotatable bonds is 12. The minimum atomic E-state index is -0.171. The molecule has 108 valence electrons. The van der Waals surface area contributed by atoms with Crippen LogP contribution in [-0.4, -0.2) is 58.6 Å². The smallest absolute Gasteiger partial charge is 0.314 e. The van der Waals surface area contributed by atoms with E-state index in [0.29, 0.717) is 52.6 Å². The van der Waals surface area contributed by atoms with Crippen molar-refractivity contribution in [3.63, 3.8) is 0 Å². The maximum absolute atomic E-state index is 11.2. The first-order valence-corrected chi connectivity index (χ1v) is 6.38. The normalized spacial score (nSPS) is 10.3. The molecule has 0 saturated carbocycles. The van der Waals surface area contributed by atoms with E-state index in [1.807, 2.05) is 0 Å². The van der Waals surface area contributed by atoms with Crippen LogP contribution in [0.3, 0.4) is 0 Å². The lowest BCUT2D eigenvalue weighted by Crippen LogP contribution is -2.38. The minimum Gasteiger partial charge on any atom is -0.378 e. The van der Waals surface area contributed by atoms with E-state index in [1.165, 1.54) is 0 Å². The van der Waals surface area contributed by atoms with Crippen molar-refractivity contribution in [1.29, 1.82) is 0 Å². The Hall–Kier alpha value is -0.890. The van der Waals surface area contributed by atoms with Gasteiger partial charge in [-0.3, -0.25) is 0 Å². The van der Waals surface area contributed by atoms with Gasteiger partial charge in [0, 0.05) is 19.6 Å². The fourth-order valence-electron chi connectivity index (χ4n) is 1.18. The number of nitrogens with one attached hydrogen (secondary N) is 2. The fraction of sp³-hybridized carbons (Fsp3) is 0.909. The second kappa shape index (κ2) is 14.2. The van der Waals surface area contributed by atoms with E-state index in [2.05, 4.69) is 10.6 Å². The number of carbonyl (C=O) groups is 1. The molecule has 6 N–H and O–H groups in total. The molecule has 0 aromatic rings. The van der Waals surface area contributed by atoms with E-state index in [0.717, 1.165) is 12.8 Å². The first-order valence-electron chi connectivity index (χ1n) is 6.38. The van der Waals surface area contributed by atoms with Crippen LogP contribution in [0.4, 0.5) is 4.79 Å². The molecular formula is C11H26N4O3. The molecule has 0 heterocycles. The lowest BCUT2D eigenvalue weighted by Gasteiger charge is -2.08. The topological polar surface area (TPSA) is 112 Å². The Morgan fingerprint density at radius 1 is 0.833 bits per heavy atom. The van der Waals surface area contributed by atoms with E-state index in [9.17, 15) is 4.79 Å². The molecule has 0 atom stereocenters. The highest BCUT2D eigenvalue weighted by Crippen LogP contribution is 1.82. The summed E-state index contributed by atoms with van der Waals surface area (Å²) < 4.78 is 10.4. The Balaban J connectivity index is 3.10. The van der Waals surface area contributed by atoms with E-state index in [4.69, 9.17) is 20.9 Å². The quantitative estimate of drug-likeness (QED) is 0.338. The molecule has 0 unspecified atom stereocenters. The van der Waals surface area contributed by atoms with Gasteiger partial charge in [0.05, 0.1) is 26.4 Å². The van der Waals surface area contributed by atoms with E-state index in [-0.39, 0.29) is 6.03 Å². The van der Waals surface area contributed by atoms with Crippen LogP contribution in [0.2, 0.25) is 0 Å². The average molecular weight is 262 g/mol. The number of urea groups is 1.